The van der Waals surface area contributed by atoms with Crippen LogP contribution in [0.25, 0.3) is 6.08 Å². The molecule has 0 atom stereocenters. The molecule has 96 valence electrons. The van der Waals surface area contributed by atoms with Gasteiger partial charge in [0.1, 0.15) is 0 Å². The van der Waals surface area contributed by atoms with Gasteiger partial charge in [-0.1, -0.05) is 31.0 Å². The molecule has 0 saturated carbocycles. The van der Waals surface area contributed by atoms with Gasteiger partial charge in [-0.2, -0.15) is 0 Å². The summed E-state index contributed by atoms with van der Waals surface area (Å²) in [6.45, 7) is 11.9. The summed E-state index contributed by atoms with van der Waals surface area (Å²) in [5.41, 5.74) is 1.57. The molecule has 0 fully saturated rings. The molecule has 0 aliphatic heterocycles. The standard InChI is InChI=1S/C14H22ClNS/c1-10(2)11(9-16-14(3,4)5)8-12-6-7-13(15)17-12/h6-8,10,16H,9H2,1-5H3. The van der Waals surface area contributed by atoms with E-state index in [0.717, 1.165) is 10.9 Å². The summed E-state index contributed by atoms with van der Waals surface area (Å²) in [5, 5.41) is 3.53. The van der Waals surface area contributed by atoms with Crippen molar-refractivity contribution in [2.24, 2.45) is 5.92 Å². The van der Waals surface area contributed by atoms with Gasteiger partial charge in [0.15, 0.2) is 0 Å². The van der Waals surface area contributed by atoms with Crippen molar-refractivity contribution >= 4 is 29.0 Å². The zero-order valence-corrected chi connectivity index (χ0v) is 12.9. The third-order valence-electron chi connectivity index (χ3n) is 2.49. The van der Waals surface area contributed by atoms with Gasteiger partial charge < -0.3 is 5.32 Å². The first-order valence-electron chi connectivity index (χ1n) is 5.99. The van der Waals surface area contributed by atoms with Gasteiger partial charge in [0, 0.05) is 17.0 Å². The smallest absolute Gasteiger partial charge is 0.0934 e. The zero-order valence-electron chi connectivity index (χ0n) is 11.3. The monoisotopic (exact) mass is 271 g/mol. The van der Waals surface area contributed by atoms with Crippen LogP contribution in [0.3, 0.4) is 0 Å². The average molecular weight is 272 g/mol. The van der Waals surface area contributed by atoms with E-state index in [1.807, 2.05) is 6.07 Å². The number of nitrogens with one attached hydrogen (secondary N) is 1. The van der Waals surface area contributed by atoms with Crippen molar-refractivity contribution in [1.82, 2.24) is 5.32 Å². The van der Waals surface area contributed by atoms with Gasteiger partial charge >= 0.3 is 0 Å². The molecule has 0 aliphatic carbocycles. The second-order valence-corrected chi connectivity index (χ2v) is 7.37. The maximum Gasteiger partial charge on any atom is 0.0934 e. The highest BCUT2D eigenvalue weighted by atomic mass is 35.5. The lowest BCUT2D eigenvalue weighted by atomic mass is 10.0. The van der Waals surface area contributed by atoms with Crippen molar-refractivity contribution < 1.29 is 0 Å². The van der Waals surface area contributed by atoms with Crippen molar-refractivity contribution in [3.8, 4) is 0 Å². The minimum atomic E-state index is 0.154. The molecule has 0 saturated heterocycles. The fraction of sp³-hybridized carbons (Fsp3) is 0.571. The number of hydrogen-bond acceptors (Lipinski definition) is 2. The third-order valence-corrected chi connectivity index (χ3v) is 3.66. The molecule has 1 aromatic heterocycles. The molecule has 0 bridgehead atoms. The number of hydrogen-bond donors (Lipinski definition) is 1. The van der Waals surface area contributed by atoms with Gasteiger partial charge in [-0.3, -0.25) is 0 Å². The van der Waals surface area contributed by atoms with Crippen LogP contribution in [0.4, 0.5) is 0 Å². The van der Waals surface area contributed by atoms with Crippen LogP contribution in [-0.4, -0.2) is 12.1 Å². The normalized spacial score (nSPS) is 13.5. The fourth-order valence-electron chi connectivity index (χ4n) is 1.38. The summed E-state index contributed by atoms with van der Waals surface area (Å²) in [4.78, 5) is 1.23. The van der Waals surface area contributed by atoms with E-state index in [4.69, 9.17) is 11.6 Å². The Morgan fingerprint density at radius 1 is 1.41 bits per heavy atom. The maximum absolute atomic E-state index is 5.95. The first-order chi connectivity index (χ1) is 7.78. The first-order valence-corrected chi connectivity index (χ1v) is 7.18. The molecule has 1 N–H and O–H groups in total. The van der Waals surface area contributed by atoms with Crippen molar-refractivity contribution in [3.05, 3.63) is 26.9 Å². The molecule has 0 radical (unpaired) electrons. The topological polar surface area (TPSA) is 12.0 Å². The molecule has 0 aromatic carbocycles. The number of halogens is 1. The predicted molar refractivity (Wildman–Crippen MR) is 79.9 cm³/mol. The van der Waals surface area contributed by atoms with Crippen LogP contribution < -0.4 is 5.32 Å². The Balaban J connectivity index is 2.76. The Kier molecular flexibility index (Phi) is 5.23. The largest absolute Gasteiger partial charge is 0.308 e. The lowest BCUT2D eigenvalue weighted by Gasteiger charge is -2.23. The van der Waals surface area contributed by atoms with E-state index in [1.54, 1.807) is 11.3 Å². The molecule has 0 aliphatic rings. The molecule has 0 unspecified atom stereocenters. The van der Waals surface area contributed by atoms with E-state index in [0.29, 0.717) is 5.92 Å². The summed E-state index contributed by atoms with van der Waals surface area (Å²) in [5.74, 6) is 0.547. The van der Waals surface area contributed by atoms with E-state index in [1.165, 1.54) is 10.5 Å². The quantitative estimate of drug-likeness (QED) is 0.827. The van der Waals surface area contributed by atoms with Crippen LogP contribution in [-0.2, 0) is 0 Å². The van der Waals surface area contributed by atoms with Gasteiger partial charge in [0.25, 0.3) is 0 Å². The second kappa shape index (κ2) is 6.03. The molecule has 3 heteroatoms. The van der Waals surface area contributed by atoms with Crippen molar-refractivity contribution in [2.45, 2.75) is 40.2 Å². The van der Waals surface area contributed by atoms with Gasteiger partial charge in [-0.05, 0) is 44.9 Å². The lowest BCUT2D eigenvalue weighted by molar-refractivity contribution is 0.437. The SMILES string of the molecule is CC(C)C(=Cc1ccc(Cl)s1)CNC(C)(C)C. The van der Waals surface area contributed by atoms with E-state index in [9.17, 15) is 0 Å². The summed E-state index contributed by atoms with van der Waals surface area (Å²) in [7, 11) is 0. The maximum atomic E-state index is 5.95. The molecular formula is C14H22ClNS. The van der Waals surface area contributed by atoms with Gasteiger partial charge in [0.05, 0.1) is 4.34 Å². The Morgan fingerprint density at radius 3 is 2.47 bits per heavy atom. The molecule has 0 amide bonds. The number of rotatable bonds is 4. The minimum Gasteiger partial charge on any atom is -0.308 e. The molecule has 1 aromatic rings. The third kappa shape index (κ3) is 5.71. The Morgan fingerprint density at radius 2 is 2.06 bits per heavy atom. The zero-order chi connectivity index (χ0) is 13.1. The van der Waals surface area contributed by atoms with E-state index in [2.05, 4.69) is 52.1 Å². The lowest BCUT2D eigenvalue weighted by Crippen LogP contribution is -2.37. The average Bonchev–Trinajstić information content (AvgIpc) is 2.56. The van der Waals surface area contributed by atoms with Crippen molar-refractivity contribution in [1.29, 1.82) is 0 Å². The molecule has 17 heavy (non-hydrogen) atoms. The van der Waals surface area contributed by atoms with Gasteiger partial charge in [-0.25, -0.2) is 0 Å². The van der Waals surface area contributed by atoms with Crippen LogP contribution in [0.5, 0.6) is 0 Å². The Hall–Kier alpha value is -0.310. The fourth-order valence-corrected chi connectivity index (χ4v) is 2.42. The van der Waals surface area contributed by atoms with Crippen molar-refractivity contribution in [2.75, 3.05) is 6.54 Å². The second-order valence-electron chi connectivity index (χ2n) is 5.62. The van der Waals surface area contributed by atoms with Crippen LogP contribution in [0, 0.1) is 5.92 Å². The summed E-state index contributed by atoms with van der Waals surface area (Å²) < 4.78 is 0.850. The highest BCUT2D eigenvalue weighted by molar-refractivity contribution is 7.17. The molecule has 1 heterocycles. The van der Waals surface area contributed by atoms with Crippen molar-refractivity contribution in [3.63, 3.8) is 0 Å². The predicted octanol–water partition coefficient (Wildman–Crippen LogP) is 4.83. The summed E-state index contributed by atoms with van der Waals surface area (Å²) in [6, 6.07) is 4.03. The summed E-state index contributed by atoms with van der Waals surface area (Å²) >= 11 is 7.57. The summed E-state index contributed by atoms with van der Waals surface area (Å²) in [6.07, 6.45) is 2.25. The molecule has 0 spiro atoms. The number of thiophene rings is 1. The van der Waals surface area contributed by atoms with E-state index in [-0.39, 0.29) is 5.54 Å². The van der Waals surface area contributed by atoms with Crippen LogP contribution in [0.15, 0.2) is 17.7 Å². The Labute approximate surface area is 114 Å². The van der Waals surface area contributed by atoms with Crippen LogP contribution in [0.2, 0.25) is 4.34 Å². The van der Waals surface area contributed by atoms with E-state index < -0.39 is 0 Å². The minimum absolute atomic E-state index is 0.154. The highest BCUT2D eigenvalue weighted by Gasteiger charge is 2.11. The van der Waals surface area contributed by atoms with Crippen LogP contribution in [0.1, 0.15) is 39.5 Å². The van der Waals surface area contributed by atoms with Crippen LogP contribution >= 0.6 is 22.9 Å². The molecule has 1 rings (SSSR count). The Bertz CT molecular complexity index is 385. The van der Waals surface area contributed by atoms with Gasteiger partial charge in [0.2, 0.25) is 0 Å². The van der Waals surface area contributed by atoms with E-state index >= 15 is 0 Å². The highest BCUT2D eigenvalue weighted by Crippen LogP contribution is 2.25. The van der Waals surface area contributed by atoms with Gasteiger partial charge in [-0.15, -0.1) is 11.3 Å². The molecular weight excluding hydrogens is 250 g/mol. The first kappa shape index (κ1) is 14.7. The molecule has 1 nitrogen and oxygen atoms in total.